The summed E-state index contributed by atoms with van der Waals surface area (Å²) < 4.78 is 4.78. The van der Waals surface area contributed by atoms with Gasteiger partial charge in [0, 0.05) is 13.0 Å². The Balaban J connectivity index is 2.21. The highest BCUT2D eigenvalue weighted by molar-refractivity contribution is 5.76. The van der Waals surface area contributed by atoms with Crippen LogP contribution in [0.25, 0.3) is 0 Å². The SMILES string of the molecule is N#CCCOC(=O)C1CC(O)CN1. The fourth-order valence-electron chi connectivity index (χ4n) is 1.19. The number of ether oxygens (including phenoxy) is 1. The van der Waals surface area contributed by atoms with E-state index in [2.05, 4.69) is 5.32 Å². The summed E-state index contributed by atoms with van der Waals surface area (Å²) >= 11 is 0. The van der Waals surface area contributed by atoms with Crippen molar-refractivity contribution >= 4 is 5.97 Å². The predicted molar refractivity (Wildman–Crippen MR) is 43.6 cm³/mol. The lowest BCUT2D eigenvalue weighted by atomic mass is 10.2. The van der Waals surface area contributed by atoms with Gasteiger partial charge < -0.3 is 15.2 Å². The minimum Gasteiger partial charge on any atom is -0.463 e. The Hall–Kier alpha value is -1.12. The van der Waals surface area contributed by atoms with Crippen LogP contribution in [0, 0.1) is 11.3 Å². The summed E-state index contributed by atoms with van der Waals surface area (Å²) in [7, 11) is 0. The number of hydrogen-bond donors (Lipinski definition) is 2. The van der Waals surface area contributed by atoms with Gasteiger partial charge >= 0.3 is 5.97 Å². The molecular weight excluding hydrogens is 172 g/mol. The second kappa shape index (κ2) is 4.80. The van der Waals surface area contributed by atoms with Crippen LogP contribution >= 0.6 is 0 Å². The van der Waals surface area contributed by atoms with Crippen LogP contribution in [-0.4, -0.2) is 36.4 Å². The van der Waals surface area contributed by atoms with Gasteiger partial charge in [0.15, 0.2) is 0 Å². The van der Waals surface area contributed by atoms with Gasteiger partial charge in [-0.2, -0.15) is 5.26 Å². The summed E-state index contributed by atoms with van der Waals surface area (Å²) in [6.45, 7) is 0.557. The van der Waals surface area contributed by atoms with Gasteiger partial charge in [-0.1, -0.05) is 0 Å². The molecule has 0 aromatic carbocycles. The molecule has 5 heteroatoms. The average molecular weight is 184 g/mol. The molecule has 72 valence electrons. The zero-order chi connectivity index (χ0) is 9.68. The Morgan fingerprint density at radius 3 is 3.08 bits per heavy atom. The lowest BCUT2D eigenvalue weighted by molar-refractivity contribution is -0.145. The molecule has 2 unspecified atom stereocenters. The summed E-state index contributed by atoms with van der Waals surface area (Å²) in [5.74, 6) is -0.383. The van der Waals surface area contributed by atoms with Crippen LogP contribution in [-0.2, 0) is 9.53 Å². The lowest BCUT2D eigenvalue weighted by Gasteiger charge is -2.08. The molecule has 0 spiro atoms. The standard InChI is InChI=1S/C8H12N2O3/c9-2-1-3-13-8(12)7-4-6(11)5-10-7/h6-7,10-11H,1,3-5H2. The molecule has 1 rings (SSSR count). The molecule has 0 aromatic heterocycles. The predicted octanol–water partition coefficient (Wildman–Crippen LogP) is -0.834. The second-order valence-corrected chi connectivity index (χ2v) is 2.93. The summed E-state index contributed by atoms with van der Waals surface area (Å²) in [6.07, 6.45) is 0.139. The number of carbonyl (C=O) groups is 1. The number of aliphatic hydroxyl groups excluding tert-OH is 1. The first kappa shape index (κ1) is 9.96. The normalized spacial score (nSPS) is 26.8. The van der Waals surface area contributed by atoms with Gasteiger partial charge in [-0.15, -0.1) is 0 Å². The van der Waals surface area contributed by atoms with E-state index in [-0.39, 0.29) is 19.0 Å². The van der Waals surface area contributed by atoms with E-state index >= 15 is 0 Å². The maximum atomic E-state index is 11.2. The Labute approximate surface area is 76.3 Å². The molecule has 13 heavy (non-hydrogen) atoms. The van der Waals surface area contributed by atoms with E-state index in [1.165, 1.54) is 0 Å². The van der Waals surface area contributed by atoms with Crippen LogP contribution in [0.3, 0.4) is 0 Å². The number of aliphatic hydroxyl groups is 1. The number of rotatable bonds is 3. The molecule has 0 aliphatic carbocycles. The van der Waals surface area contributed by atoms with Crippen LogP contribution in [0.4, 0.5) is 0 Å². The number of nitrogens with zero attached hydrogens (tertiary/aromatic N) is 1. The van der Waals surface area contributed by atoms with Crippen molar-refractivity contribution in [2.24, 2.45) is 0 Å². The van der Waals surface area contributed by atoms with Crippen LogP contribution < -0.4 is 5.32 Å². The first-order chi connectivity index (χ1) is 6.24. The van der Waals surface area contributed by atoms with Crippen molar-refractivity contribution < 1.29 is 14.6 Å². The summed E-state index contributed by atoms with van der Waals surface area (Å²) in [4.78, 5) is 11.2. The molecule has 1 fully saturated rings. The van der Waals surface area contributed by atoms with Crippen molar-refractivity contribution in [1.29, 1.82) is 5.26 Å². The summed E-state index contributed by atoms with van der Waals surface area (Å²) in [6, 6.07) is 1.47. The largest absolute Gasteiger partial charge is 0.463 e. The zero-order valence-corrected chi connectivity index (χ0v) is 7.19. The molecule has 1 aliphatic rings. The fourth-order valence-corrected chi connectivity index (χ4v) is 1.19. The Bertz CT molecular complexity index is 224. The van der Waals surface area contributed by atoms with E-state index < -0.39 is 12.1 Å². The van der Waals surface area contributed by atoms with Crippen molar-refractivity contribution in [2.45, 2.75) is 25.0 Å². The van der Waals surface area contributed by atoms with Crippen molar-refractivity contribution in [1.82, 2.24) is 5.32 Å². The van der Waals surface area contributed by atoms with E-state index in [0.29, 0.717) is 13.0 Å². The van der Waals surface area contributed by atoms with Crippen molar-refractivity contribution in [3.8, 4) is 6.07 Å². The highest BCUT2D eigenvalue weighted by atomic mass is 16.5. The monoisotopic (exact) mass is 184 g/mol. The second-order valence-electron chi connectivity index (χ2n) is 2.93. The van der Waals surface area contributed by atoms with E-state index in [1.807, 2.05) is 6.07 Å². The van der Waals surface area contributed by atoms with Gasteiger partial charge in [0.2, 0.25) is 0 Å². The van der Waals surface area contributed by atoms with E-state index in [4.69, 9.17) is 15.1 Å². The average Bonchev–Trinajstić information content (AvgIpc) is 2.52. The topological polar surface area (TPSA) is 82.3 Å². The quantitative estimate of drug-likeness (QED) is 0.441. The molecule has 0 saturated carbocycles. The van der Waals surface area contributed by atoms with Crippen molar-refractivity contribution in [3.05, 3.63) is 0 Å². The van der Waals surface area contributed by atoms with Crippen LogP contribution in [0.5, 0.6) is 0 Å². The molecule has 2 atom stereocenters. The van der Waals surface area contributed by atoms with Gasteiger partial charge in [-0.05, 0) is 0 Å². The molecule has 0 aromatic rings. The molecule has 1 aliphatic heterocycles. The van der Waals surface area contributed by atoms with Gasteiger partial charge in [0.05, 0.1) is 18.6 Å². The third-order valence-corrected chi connectivity index (χ3v) is 1.85. The van der Waals surface area contributed by atoms with Crippen LogP contribution in [0.1, 0.15) is 12.8 Å². The number of nitriles is 1. The highest BCUT2D eigenvalue weighted by Gasteiger charge is 2.28. The van der Waals surface area contributed by atoms with Gasteiger partial charge in [-0.3, -0.25) is 4.79 Å². The molecule has 0 radical (unpaired) electrons. The molecule has 1 heterocycles. The van der Waals surface area contributed by atoms with Gasteiger partial charge in [0.1, 0.15) is 12.6 Å². The minimum absolute atomic E-state index is 0.129. The number of nitrogens with one attached hydrogen (secondary N) is 1. The smallest absolute Gasteiger partial charge is 0.323 e. The number of esters is 1. The maximum Gasteiger partial charge on any atom is 0.323 e. The number of hydrogen-bond acceptors (Lipinski definition) is 5. The molecule has 2 N–H and O–H groups in total. The molecular formula is C8H12N2O3. The lowest BCUT2D eigenvalue weighted by Crippen LogP contribution is -2.32. The highest BCUT2D eigenvalue weighted by Crippen LogP contribution is 2.07. The van der Waals surface area contributed by atoms with Crippen LogP contribution in [0.2, 0.25) is 0 Å². The molecule has 0 amide bonds. The molecule has 5 nitrogen and oxygen atoms in total. The van der Waals surface area contributed by atoms with Gasteiger partial charge in [-0.25, -0.2) is 0 Å². The summed E-state index contributed by atoms with van der Waals surface area (Å²) in [5.41, 5.74) is 0. The van der Waals surface area contributed by atoms with E-state index in [1.54, 1.807) is 0 Å². The Morgan fingerprint density at radius 2 is 2.54 bits per heavy atom. The first-order valence-corrected chi connectivity index (χ1v) is 4.19. The van der Waals surface area contributed by atoms with E-state index in [0.717, 1.165) is 0 Å². The minimum atomic E-state index is -0.464. The number of β-amino-alcohol motifs (C(OH)–C–C–N with tert-alkyl or cyclic N) is 1. The van der Waals surface area contributed by atoms with Gasteiger partial charge in [0.25, 0.3) is 0 Å². The molecule has 0 bridgehead atoms. The first-order valence-electron chi connectivity index (χ1n) is 4.19. The van der Waals surface area contributed by atoms with Crippen LogP contribution in [0.15, 0.2) is 0 Å². The van der Waals surface area contributed by atoms with E-state index in [9.17, 15) is 4.79 Å². The zero-order valence-electron chi connectivity index (χ0n) is 7.19. The third kappa shape index (κ3) is 3.01. The summed E-state index contributed by atoms with van der Waals surface area (Å²) in [5, 5.41) is 20.1. The maximum absolute atomic E-state index is 11.2. The fraction of sp³-hybridized carbons (Fsp3) is 0.750. The Morgan fingerprint density at radius 1 is 1.77 bits per heavy atom. The number of carbonyl (C=O) groups excluding carboxylic acids is 1. The molecule has 1 saturated heterocycles. The van der Waals surface area contributed by atoms with Crippen molar-refractivity contribution in [2.75, 3.05) is 13.2 Å². The van der Waals surface area contributed by atoms with Crippen molar-refractivity contribution in [3.63, 3.8) is 0 Å². The third-order valence-electron chi connectivity index (χ3n) is 1.85. The Kier molecular flexibility index (Phi) is 3.68.